The van der Waals surface area contributed by atoms with Crippen LogP contribution in [-0.2, 0) is 0 Å². The van der Waals surface area contributed by atoms with Crippen LogP contribution in [0.4, 0.5) is 11.5 Å². The summed E-state index contributed by atoms with van der Waals surface area (Å²) in [5.41, 5.74) is 7.58. The van der Waals surface area contributed by atoms with Gasteiger partial charge < -0.3 is 15.8 Å². The number of nitrogens with two attached hydrogens (primary N) is 1. The smallest absolute Gasteiger partial charge is 0.260 e. The number of pyridine rings is 1. The van der Waals surface area contributed by atoms with E-state index in [1.165, 1.54) is 13.3 Å². The molecule has 0 aliphatic rings. The van der Waals surface area contributed by atoms with Crippen molar-refractivity contribution in [3.05, 3.63) is 46.1 Å². The number of ether oxygens (including phenoxy) is 1. The van der Waals surface area contributed by atoms with E-state index >= 15 is 0 Å². The van der Waals surface area contributed by atoms with Gasteiger partial charge in [0.1, 0.15) is 11.6 Å². The lowest BCUT2D eigenvalue weighted by atomic mass is 10.2. The molecule has 0 atom stereocenters. The molecule has 1 amide bonds. The van der Waals surface area contributed by atoms with Crippen LogP contribution in [0.25, 0.3) is 0 Å². The zero-order chi connectivity index (χ0) is 14.7. The van der Waals surface area contributed by atoms with Crippen LogP contribution in [0.2, 0.25) is 0 Å². The quantitative estimate of drug-likeness (QED) is 0.903. The number of methoxy groups -OCH3 is 1. The SMILES string of the molecule is COc1cc(Br)ccc1C(=O)Nc1cc(C)c(N)cn1. The summed E-state index contributed by atoms with van der Waals surface area (Å²) in [6, 6.07) is 6.91. The van der Waals surface area contributed by atoms with E-state index in [9.17, 15) is 4.79 Å². The van der Waals surface area contributed by atoms with Crippen molar-refractivity contribution in [3.8, 4) is 5.75 Å². The Morgan fingerprint density at radius 1 is 1.40 bits per heavy atom. The van der Waals surface area contributed by atoms with Gasteiger partial charge in [-0.1, -0.05) is 15.9 Å². The van der Waals surface area contributed by atoms with Gasteiger partial charge in [0.25, 0.3) is 5.91 Å². The van der Waals surface area contributed by atoms with Gasteiger partial charge in [0.05, 0.1) is 24.6 Å². The van der Waals surface area contributed by atoms with Gasteiger partial charge in [0, 0.05) is 4.47 Å². The average Bonchev–Trinajstić information content (AvgIpc) is 2.42. The molecule has 6 heteroatoms. The fourth-order valence-electron chi connectivity index (χ4n) is 1.67. The fraction of sp³-hybridized carbons (Fsp3) is 0.143. The number of nitrogen functional groups attached to an aromatic ring is 1. The van der Waals surface area contributed by atoms with E-state index in [-0.39, 0.29) is 5.91 Å². The van der Waals surface area contributed by atoms with Crippen molar-refractivity contribution in [1.29, 1.82) is 0 Å². The van der Waals surface area contributed by atoms with Crippen LogP contribution in [0.1, 0.15) is 15.9 Å². The van der Waals surface area contributed by atoms with Crippen LogP contribution in [0.15, 0.2) is 34.9 Å². The molecule has 0 radical (unpaired) electrons. The highest BCUT2D eigenvalue weighted by molar-refractivity contribution is 9.10. The van der Waals surface area contributed by atoms with Crippen LogP contribution < -0.4 is 15.8 Å². The topological polar surface area (TPSA) is 77.2 Å². The second-order valence-electron chi connectivity index (χ2n) is 4.22. The minimum absolute atomic E-state index is 0.286. The molecule has 3 N–H and O–H groups in total. The Morgan fingerprint density at radius 2 is 2.15 bits per heavy atom. The number of aromatic nitrogens is 1. The van der Waals surface area contributed by atoms with E-state index in [1.807, 2.05) is 6.92 Å². The normalized spacial score (nSPS) is 10.2. The van der Waals surface area contributed by atoms with Gasteiger partial charge in [0.2, 0.25) is 0 Å². The molecule has 1 aromatic carbocycles. The minimum Gasteiger partial charge on any atom is -0.496 e. The van der Waals surface area contributed by atoms with Gasteiger partial charge >= 0.3 is 0 Å². The molecule has 20 heavy (non-hydrogen) atoms. The number of carbonyl (C=O) groups excluding carboxylic acids is 1. The first-order chi connectivity index (χ1) is 9.51. The van der Waals surface area contributed by atoms with Crippen molar-refractivity contribution in [3.63, 3.8) is 0 Å². The van der Waals surface area contributed by atoms with Crippen molar-refractivity contribution < 1.29 is 9.53 Å². The molecule has 2 aromatic rings. The monoisotopic (exact) mass is 335 g/mol. The molecule has 0 saturated carbocycles. The summed E-state index contributed by atoms with van der Waals surface area (Å²) in [4.78, 5) is 16.3. The van der Waals surface area contributed by atoms with Gasteiger partial charge in [-0.15, -0.1) is 0 Å². The molecular weight excluding hydrogens is 322 g/mol. The summed E-state index contributed by atoms with van der Waals surface area (Å²) in [5, 5.41) is 2.72. The first-order valence-corrected chi connectivity index (χ1v) is 6.67. The van der Waals surface area contributed by atoms with Crippen molar-refractivity contribution in [2.75, 3.05) is 18.2 Å². The molecule has 0 spiro atoms. The highest BCUT2D eigenvalue weighted by Crippen LogP contribution is 2.24. The van der Waals surface area contributed by atoms with Crippen molar-refractivity contribution >= 4 is 33.3 Å². The first-order valence-electron chi connectivity index (χ1n) is 5.88. The number of carbonyl (C=O) groups is 1. The molecular formula is C14H14BrN3O2. The van der Waals surface area contributed by atoms with E-state index in [2.05, 4.69) is 26.2 Å². The van der Waals surface area contributed by atoms with E-state index < -0.39 is 0 Å². The standard InChI is InChI=1S/C14H14BrN3O2/c1-8-5-13(17-7-11(8)16)18-14(19)10-4-3-9(15)6-12(10)20-2/h3-7H,16H2,1-2H3,(H,17,18,19). The summed E-state index contributed by atoms with van der Waals surface area (Å²) in [5.74, 6) is 0.654. The lowest BCUT2D eigenvalue weighted by Crippen LogP contribution is -2.14. The number of halogens is 1. The number of anilines is 2. The Balaban J connectivity index is 2.25. The first kappa shape index (κ1) is 14.3. The van der Waals surface area contributed by atoms with E-state index in [1.54, 1.807) is 24.3 Å². The zero-order valence-electron chi connectivity index (χ0n) is 11.1. The molecule has 0 aliphatic carbocycles. The molecule has 0 saturated heterocycles. The molecule has 5 nitrogen and oxygen atoms in total. The van der Waals surface area contributed by atoms with Gasteiger partial charge in [-0.05, 0) is 36.8 Å². The van der Waals surface area contributed by atoms with Crippen molar-refractivity contribution in [2.45, 2.75) is 6.92 Å². The van der Waals surface area contributed by atoms with Crippen LogP contribution in [-0.4, -0.2) is 18.0 Å². The summed E-state index contributed by atoms with van der Waals surface area (Å²) in [6.45, 7) is 1.85. The average molecular weight is 336 g/mol. The number of rotatable bonds is 3. The summed E-state index contributed by atoms with van der Waals surface area (Å²) in [7, 11) is 1.52. The molecule has 0 fully saturated rings. The third-order valence-corrected chi connectivity index (χ3v) is 3.29. The second kappa shape index (κ2) is 5.92. The van der Waals surface area contributed by atoms with Crippen LogP contribution >= 0.6 is 15.9 Å². The van der Waals surface area contributed by atoms with E-state index in [0.717, 1.165) is 10.0 Å². The second-order valence-corrected chi connectivity index (χ2v) is 5.14. The predicted octanol–water partition coefficient (Wildman–Crippen LogP) is 3.00. The Kier molecular flexibility index (Phi) is 4.24. The summed E-state index contributed by atoms with van der Waals surface area (Å²) < 4.78 is 6.04. The van der Waals surface area contributed by atoms with E-state index in [0.29, 0.717) is 22.8 Å². The number of hydrogen-bond donors (Lipinski definition) is 2. The summed E-state index contributed by atoms with van der Waals surface area (Å²) in [6.07, 6.45) is 1.52. The molecule has 1 aromatic heterocycles. The van der Waals surface area contributed by atoms with Gasteiger partial charge in [-0.25, -0.2) is 4.98 Å². The third-order valence-electron chi connectivity index (χ3n) is 2.80. The Hall–Kier alpha value is -2.08. The number of benzene rings is 1. The van der Waals surface area contributed by atoms with Crippen LogP contribution in [0, 0.1) is 6.92 Å². The number of amides is 1. The minimum atomic E-state index is -0.286. The van der Waals surface area contributed by atoms with Gasteiger partial charge in [-0.2, -0.15) is 0 Å². The van der Waals surface area contributed by atoms with Crippen molar-refractivity contribution in [2.24, 2.45) is 0 Å². The molecule has 0 aliphatic heterocycles. The van der Waals surface area contributed by atoms with Gasteiger partial charge in [-0.3, -0.25) is 4.79 Å². The molecule has 104 valence electrons. The largest absolute Gasteiger partial charge is 0.496 e. The number of nitrogens with one attached hydrogen (secondary N) is 1. The lowest BCUT2D eigenvalue weighted by Gasteiger charge is -2.10. The highest BCUT2D eigenvalue weighted by Gasteiger charge is 2.13. The molecule has 2 rings (SSSR count). The lowest BCUT2D eigenvalue weighted by molar-refractivity contribution is 0.102. The number of hydrogen-bond acceptors (Lipinski definition) is 4. The maximum Gasteiger partial charge on any atom is 0.260 e. The Bertz CT molecular complexity index is 659. The molecule has 1 heterocycles. The number of nitrogens with zero attached hydrogens (tertiary/aromatic N) is 1. The Morgan fingerprint density at radius 3 is 2.80 bits per heavy atom. The maximum absolute atomic E-state index is 12.2. The van der Waals surface area contributed by atoms with E-state index in [4.69, 9.17) is 10.5 Å². The zero-order valence-corrected chi connectivity index (χ0v) is 12.7. The van der Waals surface area contributed by atoms with Crippen LogP contribution in [0.3, 0.4) is 0 Å². The van der Waals surface area contributed by atoms with Crippen LogP contribution in [0.5, 0.6) is 5.75 Å². The molecule has 0 unspecified atom stereocenters. The summed E-state index contributed by atoms with van der Waals surface area (Å²) >= 11 is 3.33. The number of aryl methyl sites for hydroxylation is 1. The third kappa shape index (κ3) is 3.08. The predicted molar refractivity (Wildman–Crippen MR) is 82.0 cm³/mol. The van der Waals surface area contributed by atoms with Crippen molar-refractivity contribution in [1.82, 2.24) is 4.98 Å². The van der Waals surface area contributed by atoms with Gasteiger partial charge in [0.15, 0.2) is 0 Å². The maximum atomic E-state index is 12.2. The highest BCUT2D eigenvalue weighted by atomic mass is 79.9. The molecule has 0 bridgehead atoms. The Labute approximate surface area is 125 Å². The fourth-order valence-corrected chi connectivity index (χ4v) is 2.01.